The Balaban J connectivity index is 0.000000281. The number of amides is 4. The van der Waals surface area contributed by atoms with Crippen LogP contribution in [-0.2, 0) is 57.5 Å². The summed E-state index contributed by atoms with van der Waals surface area (Å²) < 4.78 is 61.5. The number of nitrogens with zero attached hydrogens (tertiary/aromatic N) is 2. The lowest BCUT2D eigenvalue weighted by Gasteiger charge is -2.20. The van der Waals surface area contributed by atoms with Crippen molar-refractivity contribution >= 4 is 41.1 Å². The molecule has 0 aliphatic rings. The summed E-state index contributed by atoms with van der Waals surface area (Å²) >= 11 is 0. The standard InChI is InChI=1S/C38H33F3N2O5.C27H38N2O3/c1-43(37(45)42-30-12-8-16-33(24-30)48-32-14-4-3-5-15-32)31-13-7-10-28(23-31)34-19-17-26(18-20-36(44)46-2)22-35(34)47-25-27-9-6-11-29(21-27)38(39,40)41;1-6-9-10-16-28-27(31)29(4)24-13-11-12-22(19-24)23-17-20(7-2)25(21(8-3)18-23)14-15-26(30)32-5/h3-17,19,21-24H,18,20,25H2,1-2H3,(H,42,45);11-13,17-19H,6-10,14-16H2,1-5H3,(H,28,31). The highest BCUT2D eigenvalue weighted by molar-refractivity contribution is 6.02. The van der Waals surface area contributed by atoms with Crippen molar-refractivity contribution in [3.05, 3.63) is 191 Å². The van der Waals surface area contributed by atoms with Gasteiger partial charge in [0, 0.05) is 62.2 Å². The van der Waals surface area contributed by atoms with Crippen molar-refractivity contribution in [2.45, 2.75) is 91.3 Å². The highest BCUT2D eigenvalue weighted by Crippen LogP contribution is 2.36. The first-order valence-electron chi connectivity index (χ1n) is 26.8. The third kappa shape index (κ3) is 17.7. The summed E-state index contributed by atoms with van der Waals surface area (Å²) in [4.78, 5) is 52.4. The van der Waals surface area contributed by atoms with Gasteiger partial charge in [-0.05, 0) is 143 Å². The Hall–Kier alpha value is -8.59. The summed E-state index contributed by atoms with van der Waals surface area (Å²) in [6, 6.07) is 46.1. The zero-order valence-electron chi connectivity index (χ0n) is 46.6. The third-order valence-electron chi connectivity index (χ3n) is 13.4. The fourth-order valence-electron chi connectivity index (χ4n) is 8.84. The molecular formula is C65H71F3N4O8. The SMILES string of the molecule is CCCCCNC(=O)N(C)c1cccc(-c2cc(CC)c(CCC(=O)OC)c(CC)c2)c1.COC(=O)CCc1ccc(-c2cccc(N(C)C(=O)Nc3cccc(Oc4ccccc4)c3)c2)c(OCc2cccc(C(F)(F)F)c2)c1. The summed E-state index contributed by atoms with van der Waals surface area (Å²) in [7, 11) is 6.19. The summed E-state index contributed by atoms with van der Waals surface area (Å²) in [6.45, 7) is 7.02. The summed E-state index contributed by atoms with van der Waals surface area (Å²) in [6.07, 6.45) is 2.19. The van der Waals surface area contributed by atoms with Gasteiger partial charge in [0.1, 0.15) is 23.9 Å². The number of carbonyl (C=O) groups excluding carboxylic acids is 4. The van der Waals surface area contributed by atoms with Crippen LogP contribution in [0.5, 0.6) is 17.2 Å². The Morgan fingerprint density at radius 2 is 1.18 bits per heavy atom. The normalized spacial score (nSPS) is 10.9. The van der Waals surface area contributed by atoms with Crippen LogP contribution in [0.2, 0.25) is 0 Å². The van der Waals surface area contributed by atoms with Gasteiger partial charge in [0.25, 0.3) is 0 Å². The van der Waals surface area contributed by atoms with E-state index >= 15 is 0 Å². The number of hydrogen-bond donors (Lipinski definition) is 2. The number of para-hydroxylation sites is 1. The zero-order chi connectivity index (χ0) is 57.6. The van der Waals surface area contributed by atoms with E-state index in [4.69, 9.17) is 18.9 Å². The second kappa shape index (κ2) is 30.0. The highest BCUT2D eigenvalue weighted by atomic mass is 19.4. The Bertz CT molecular complexity index is 3160. The zero-order valence-corrected chi connectivity index (χ0v) is 46.6. The van der Waals surface area contributed by atoms with Crippen LogP contribution in [0, 0.1) is 0 Å². The predicted octanol–water partition coefficient (Wildman–Crippen LogP) is 15.4. The summed E-state index contributed by atoms with van der Waals surface area (Å²) in [5.74, 6) is 1.10. The quantitative estimate of drug-likeness (QED) is 0.0506. The number of alkyl halides is 3. The molecule has 7 aromatic rings. The van der Waals surface area contributed by atoms with Gasteiger partial charge >= 0.3 is 30.2 Å². The van der Waals surface area contributed by atoms with Gasteiger partial charge in [-0.2, -0.15) is 13.2 Å². The summed E-state index contributed by atoms with van der Waals surface area (Å²) in [5.41, 5.74) is 9.72. The maximum Gasteiger partial charge on any atom is 0.416 e. The molecule has 0 fully saturated rings. The fourth-order valence-corrected chi connectivity index (χ4v) is 8.84. The molecule has 2 N–H and O–H groups in total. The van der Waals surface area contributed by atoms with Crippen molar-refractivity contribution in [1.29, 1.82) is 0 Å². The Morgan fingerprint density at radius 1 is 0.562 bits per heavy atom. The number of rotatable bonds is 22. The highest BCUT2D eigenvalue weighted by Gasteiger charge is 2.30. The second-order valence-corrected chi connectivity index (χ2v) is 19.0. The number of urea groups is 2. The van der Waals surface area contributed by atoms with Crippen LogP contribution < -0.4 is 29.9 Å². The van der Waals surface area contributed by atoms with E-state index in [0.29, 0.717) is 71.1 Å². The Morgan fingerprint density at radius 3 is 1.82 bits per heavy atom. The lowest BCUT2D eigenvalue weighted by atomic mass is 9.89. The van der Waals surface area contributed by atoms with E-state index in [9.17, 15) is 32.3 Å². The van der Waals surface area contributed by atoms with Crippen LogP contribution >= 0.6 is 0 Å². The van der Waals surface area contributed by atoms with Crippen LogP contribution in [-0.4, -0.2) is 58.9 Å². The molecule has 7 aromatic carbocycles. The number of hydrogen-bond acceptors (Lipinski definition) is 8. The second-order valence-electron chi connectivity index (χ2n) is 19.0. The van der Waals surface area contributed by atoms with Crippen LogP contribution in [0.4, 0.5) is 39.8 Å². The van der Waals surface area contributed by atoms with Gasteiger partial charge in [-0.3, -0.25) is 19.4 Å². The molecule has 80 heavy (non-hydrogen) atoms. The molecule has 0 unspecified atom stereocenters. The number of esters is 2. The maximum absolute atomic E-state index is 13.3. The molecule has 420 valence electrons. The molecule has 0 bridgehead atoms. The van der Waals surface area contributed by atoms with E-state index in [0.717, 1.165) is 66.6 Å². The number of aryl methyl sites for hydroxylation is 3. The van der Waals surface area contributed by atoms with Gasteiger partial charge in [-0.15, -0.1) is 0 Å². The van der Waals surface area contributed by atoms with Gasteiger partial charge in [0.05, 0.1) is 19.8 Å². The molecule has 0 radical (unpaired) electrons. The first-order chi connectivity index (χ1) is 38.5. The lowest BCUT2D eigenvalue weighted by Crippen LogP contribution is -2.37. The number of methoxy groups -OCH3 is 2. The van der Waals surface area contributed by atoms with Gasteiger partial charge in [0.15, 0.2) is 0 Å². The number of nitrogens with one attached hydrogen (secondary N) is 2. The smallest absolute Gasteiger partial charge is 0.416 e. The van der Waals surface area contributed by atoms with Crippen molar-refractivity contribution in [2.24, 2.45) is 0 Å². The van der Waals surface area contributed by atoms with E-state index in [1.807, 2.05) is 66.7 Å². The molecule has 0 aliphatic carbocycles. The molecule has 0 heterocycles. The molecule has 12 nitrogen and oxygen atoms in total. The van der Waals surface area contributed by atoms with E-state index in [-0.39, 0.29) is 37.0 Å². The molecular weight excluding hydrogens is 1020 g/mol. The van der Waals surface area contributed by atoms with Crippen molar-refractivity contribution in [2.75, 3.05) is 50.0 Å². The fraction of sp³-hybridized carbons (Fsp3) is 0.292. The van der Waals surface area contributed by atoms with Crippen molar-refractivity contribution in [1.82, 2.24) is 5.32 Å². The lowest BCUT2D eigenvalue weighted by molar-refractivity contribution is -0.141. The van der Waals surface area contributed by atoms with E-state index in [2.05, 4.69) is 55.7 Å². The first kappa shape index (κ1) is 60.6. The predicted molar refractivity (Wildman–Crippen MR) is 311 cm³/mol. The Labute approximate surface area is 467 Å². The number of unbranched alkanes of at least 4 members (excludes halogenated alkanes) is 2. The third-order valence-corrected chi connectivity index (χ3v) is 13.4. The van der Waals surface area contributed by atoms with Crippen LogP contribution in [0.1, 0.15) is 86.3 Å². The molecule has 0 aromatic heterocycles. The van der Waals surface area contributed by atoms with E-state index in [1.165, 1.54) is 41.9 Å². The number of carbonyl (C=O) groups is 4. The minimum absolute atomic E-state index is 0.0834. The average Bonchev–Trinajstić information content (AvgIpc) is 3.50. The maximum atomic E-state index is 13.3. The number of ether oxygens (including phenoxy) is 4. The average molecular weight is 1090 g/mol. The van der Waals surface area contributed by atoms with Crippen LogP contribution in [0.25, 0.3) is 22.3 Å². The minimum Gasteiger partial charge on any atom is -0.488 e. The van der Waals surface area contributed by atoms with Crippen molar-refractivity contribution < 1.29 is 51.3 Å². The molecule has 7 rings (SSSR count). The molecule has 0 saturated heterocycles. The van der Waals surface area contributed by atoms with Crippen molar-refractivity contribution in [3.63, 3.8) is 0 Å². The topological polar surface area (TPSA) is 136 Å². The van der Waals surface area contributed by atoms with Gasteiger partial charge < -0.3 is 29.6 Å². The first-order valence-corrected chi connectivity index (χ1v) is 26.8. The van der Waals surface area contributed by atoms with E-state index < -0.39 is 11.7 Å². The summed E-state index contributed by atoms with van der Waals surface area (Å²) in [5, 5.41) is 5.89. The molecule has 15 heteroatoms. The number of halogens is 3. The molecule has 0 atom stereocenters. The van der Waals surface area contributed by atoms with Gasteiger partial charge in [0.2, 0.25) is 0 Å². The van der Waals surface area contributed by atoms with Gasteiger partial charge in [-0.1, -0.05) is 119 Å². The monoisotopic (exact) mass is 1090 g/mol. The Kier molecular flexibility index (Phi) is 22.7. The number of benzene rings is 7. The largest absolute Gasteiger partial charge is 0.488 e. The van der Waals surface area contributed by atoms with E-state index in [1.54, 1.807) is 67.5 Å². The van der Waals surface area contributed by atoms with Crippen molar-refractivity contribution in [3.8, 4) is 39.5 Å². The minimum atomic E-state index is -4.48. The molecule has 0 saturated carbocycles. The van der Waals surface area contributed by atoms with Crippen LogP contribution in [0.3, 0.4) is 0 Å². The molecule has 4 amide bonds. The molecule has 0 aliphatic heterocycles. The van der Waals surface area contributed by atoms with Gasteiger partial charge in [-0.25, -0.2) is 9.59 Å². The molecule has 0 spiro atoms. The van der Waals surface area contributed by atoms with Crippen LogP contribution in [0.15, 0.2) is 158 Å². The number of anilines is 3.